The average Bonchev–Trinajstić information content (AvgIpc) is 3.04. The summed E-state index contributed by atoms with van der Waals surface area (Å²) in [5.41, 5.74) is 2.24. The highest BCUT2D eigenvalue weighted by molar-refractivity contribution is 7.13. The van der Waals surface area contributed by atoms with Crippen LogP contribution in [0.1, 0.15) is 16.1 Å². The van der Waals surface area contributed by atoms with Crippen LogP contribution in [0.15, 0.2) is 53.9 Å². The SMILES string of the molecule is O=C(NCCc1csc(-c2ccc(Cl)cc2)n1)c1cccc(F)c1. The van der Waals surface area contributed by atoms with Crippen LogP contribution in [0.5, 0.6) is 0 Å². The molecule has 6 heteroatoms. The molecule has 0 fully saturated rings. The van der Waals surface area contributed by atoms with Crippen molar-refractivity contribution >= 4 is 28.8 Å². The first-order valence-corrected chi connectivity index (χ1v) is 8.62. The van der Waals surface area contributed by atoms with Gasteiger partial charge in [0.25, 0.3) is 5.91 Å². The average molecular weight is 361 g/mol. The Bertz CT molecular complexity index is 848. The summed E-state index contributed by atoms with van der Waals surface area (Å²) >= 11 is 7.43. The Labute approximate surface area is 148 Å². The minimum Gasteiger partial charge on any atom is -0.352 e. The number of nitrogens with zero attached hydrogens (tertiary/aromatic N) is 1. The number of carbonyl (C=O) groups excluding carboxylic acids is 1. The largest absolute Gasteiger partial charge is 0.352 e. The Kier molecular flexibility index (Phi) is 5.23. The van der Waals surface area contributed by atoms with Gasteiger partial charge in [0.2, 0.25) is 0 Å². The molecular weight excluding hydrogens is 347 g/mol. The van der Waals surface area contributed by atoms with E-state index in [0.29, 0.717) is 23.6 Å². The second-order valence-electron chi connectivity index (χ2n) is 5.17. The molecule has 3 nitrogen and oxygen atoms in total. The van der Waals surface area contributed by atoms with E-state index in [1.807, 2.05) is 29.6 Å². The van der Waals surface area contributed by atoms with Gasteiger partial charge in [-0.3, -0.25) is 4.79 Å². The summed E-state index contributed by atoms with van der Waals surface area (Å²) < 4.78 is 13.1. The molecule has 3 rings (SSSR count). The van der Waals surface area contributed by atoms with Crippen LogP contribution < -0.4 is 5.32 Å². The molecule has 0 aliphatic heterocycles. The first-order chi connectivity index (χ1) is 11.6. The molecule has 2 aromatic carbocycles. The van der Waals surface area contributed by atoms with Gasteiger partial charge in [-0.2, -0.15) is 0 Å². The van der Waals surface area contributed by atoms with Gasteiger partial charge in [0.05, 0.1) is 5.69 Å². The maximum atomic E-state index is 13.1. The van der Waals surface area contributed by atoms with Crippen molar-refractivity contribution in [1.29, 1.82) is 0 Å². The van der Waals surface area contributed by atoms with Gasteiger partial charge in [0.1, 0.15) is 10.8 Å². The van der Waals surface area contributed by atoms with Crippen LogP contribution in [0.3, 0.4) is 0 Å². The highest BCUT2D eigenvalue weighted by Crippen LogP contribution is 2.25. The molecule has 0 atom stereocenters. The first kappa shape index (κ1) is 16.6. The zero-order valence-corrected chi connectivity index (χ0v) is 14.2. The van der Waals surface area contributed by atoms with Crippen LogP contribution in [0.25, 0.3) is 10.6 Å². The molecule has 1 aromatic heterocycles. The Morgan fingerprint density at radius 2 is 2.00 bits per heavy atom. The molecule has 0 bridgehead atoms. The van der Waals surface area contributed by atoms with E-state index in [2.05, 4.69) is 10.3 Å². The maximum absolute atomic E-state index is 13.1. The third kappa shape index (κ3) is 4.19. The summed E-state index contributed by atoms with van der Waals surface area (Å²) in [6.07, 6.45) is 0.616. The third-order valence-corrected chi connectivity index (χ3v) is 4.59. The highest BCUT2D eigenvalue weighted by atomic mass is 35.5. The summed E-state index contributed by atoms with van der Waals surface area (Å²) in [6.45, 7) is 0.444. The second-order valence-corrected chi connectivity index (χ2v) is 6.46. The van der Waals surface area contributed by atoms with Crippen LogP contribution in [0, 0.1) is 5.82 Å². The number of aromatic nitrogens is 1. The van der Waals surface area contributed by atoms with Crippen molar-refractivity contribution in [3.05, 3.63) is 76.0 Å². The Morgan fingerprint density at radius 1 is 1.21 bits per heavy atom. The zero-order valence-electron chi connectivity index (χ0n) is 12.6. The van der Waals surface area contributed by atoms with E-state index in [-0.39, 0.29) is 5.91 Å². The number of rotatable bonds is 5. The summed E-state index contributed by atoms with van der Waals surface area (Å²) in [4.78, 5) is 16.5. The van der Waals surface area contributed by atoms with Gasteiger partial charge in [-0.1, -0.05) is 29.8 Å². The summed E-state index contributed by atoms with van der Waals surface area (Å²) in [5, 5.41) is 6.35. The van der Waals surface area contributed by atoms with Crippen molar-refractivity contribution in [1.82, 2.24) is 10.3 Å². The van der Waals surface area contributed by atoms with E-state index in [1.165, 1.54) is 18.2 Å². The zero-order chi connectivity index (χ0) is 16.9. The van der Waals surface area contributed by atoms with Crippen molar-refractivity contribution in [3.8, 4) is 10.6 Å². The molecule has 24 heavy (non-hydrogen) atoms. The predicted molar refractivity (Wildman–Crippen MR) is 95.0 cm³/mol. The topological polar surface area (TPSA) is 42.0 Å². The predicted octanol–water partition coefficient (Wildman–Crippen LogP) is 4.58. The molecule has 0 aliphatic carbocycles. The molecule has 0 saturated carbocycles. The molecule has 3 aromatic rings. The van der Waals surface area contributed by atoms with Crippen LogP contribution in [-0.4, -0.2) is 17.4 Å². The molecule has 0 radical (unpaired) electrons. The van der Waals surface area contributed by atoms with Gasteiger partial charge in [-0.05, 0) is 30.3 Å². The Morgan fingerprint density at radius 3 is 2.75 bits per heavy atom. The van der Waals surface area contributed by atoms with Crippen molar-refractivity contribution in [3.63, 3.8) is 0 Å². The number of thiazole rings is 1. The smallest absolute Gasteiger partial charge is 0.251 e. The van der Waals surface area contributed by atoms with Gasteiger partial charge in [-0.15, -0.1) is 11.3 Å². The first-order valence-electron chi connectivity index (χ1n) is 7.36. The van der Waals surface area contributed by atoms with Gasteiger partial charge >= 0.3 is 0 Å². The maximum Gasteiger partial charge on any atom is 0.251 e. The molecule has 0 unspecified atom stereocenters. The fourth-order valence-electron chi connectivity index (χ4n) is 2.18. The summed E-state index contributed by atoms with van der Waals surface area (Å²) in [7, 11) is 0. The van der Waals surface area contributed by atoms with Crippen molar-refractivity contribution < 1.29 is 9.18 Å². The molecule has 1 heterocycles. The van der Waals surface area contributed by atoms with E-state index < -0.39 is 5.82 Å². The van der Waals surface area contributed by atoms with Crippen molar-refractivity contribution in [2.75, 3.05) is 6.54 Å². The number of amides is 1. The summed E-state index contributed by atoms with van der Waals surface area (Å²) in [5.74, 6) is -0.711. The molecule has 1 N–H and O–H groups in total. The van der Waals surface area contributed by atoms with E-state index in [9.17, 15) is 9.18 Å². The highest BCUT2D eigenvalue weighted by Gasteiger charge is 2.08. The molecule has 122 valence electrons. The molecular formula is C18H14ClFN2OS. The Hall–Kier alpha value is -2.24. The fraction of sp³-hybridized carbons (Fsp3) is 0.111. The molecule has 0 saturated heterocycles. The van der Waals surface area contributed by atoms with Crippen LogP contribution in [-0.2, 0) is 6.42 Å². The van der Waals surface area contributed by atoms with Crippen molar-refractivity contribution in [2.45, 2.75) is 6.42 Å². The number of hydrogen-bond donors (Lipinski definition) is 1. The number of carbonyl (C=O) groups is 1. The lowest BCUT2D eigenvalue weighted by Gasteiger charge is -2.04. The lowest BCUT2D eigenvalue weighted by Crippen LogP contribution is -2.25. The standard InChI is InChI=1S/C18H14ClFN2OS/c19-14-6-4-12(5-7-14)18-22-16(11-24-18)8-9-21-17(23)13-2-1-3-15(20)10-13/h1-7,10-11H,8-9H2,(H,21,23). The van der Waals surface area contributed by atoms with Crippen molar-refractivity contribution in [2.24, 2.45) is 0 Å². The lowest BCUT2D eigenvalue weighted by atomic mass is 10.2. The van der Waals surface area contributed by atoms with Crippen LogP contribution in [0.2, 0.25) is 5.02 Å². The minimum absolute atomic E-state index is 0.289. The van der Waals surface area contributed by atoms with E-state index >= 15 is 0 Å². The number of hydrogen-bond acceptors (Lipinski definition) is 3. The Balaban J connectivity index is 1.56. The van der Waals surface area contributed by atoms with Crippen LogP contribution >= 0.6 is 22.9 Å². The van der Waals surface area contributed by atoms with E-state index in [4.69, 9.17) is 11.6 Å². The van der Waals surface area contributed by atoms with Gasteiger partial charge in [0, 0.05) is 34.5 Å². The minimum atomic E-state index is -0.422. The lowest BCUT2D eigenvalue weighted by molar-refractivity contribution is 0.0953. The monoisotopic (exact) mass is 360 g/mol. The second kappa shape index (κ2) is 7.55. The fourth-order valence-corrected chi connectivity index (χ4v) is 3.17. The van der Waals surface area contributed by atoms with Crippen LogP contribution in [0.4, 0.5) is 4.39 Å². The van der Waals surface area contributed by atoms with Gasteiger partial charge in [-0.25, -0.2) is 9.37 Å². The van der Waals surface area contributed by atoms with E-state index in [1.54, 1.807) is 17.4 Å². The molecule has 1 amide bonds. The molecule has 0 spiro atoms. The summed E-state index contributed by atoms with van der Waals surface area (Å²) in [6, 6.07) is 13.1. The number of halogens is 2. The van der Waals surface area contributed by atoms with Gasteiger partial charge in [0.15, 0.2) is 0 Å². The number of nitrogens with one attached hydrogen (secondary N) is 1. The van der Waals surface area contributed by atoms with Gasteiger partial charge < -0.3 is 5.32 Å². The molecule has 0 aliphatic rings. The third-order valence-electron chi connectivity index (χ3n) is 3.40. The normalized spacial score (nSPS) is 10.6. The van der Waals surface area contributed by atoms with E-state index in [0.717, 1.165) is 16.3 Å². The quantitative estimate of drug-likeness (QED) is 0.723. The number of benzene rings is 2.